The van der Waals surface area contributed by atoms with E-state index in [4.69, 9.17) is 0 Å². The van der Waals surface area contributed by atoms with Crippen molar-refractivity contribution in [2.45, 2.75) is 32.2 Å². The molecule has 2 rings (SSSR count). The molecule has 0 saturated heterocycles. The van der Waals surface area contributed by atoms with Gasteiger partial charge in [0.2, 0.25) is 0 Å². The van der Waals surface area contributed by atoms with Gasteiger partial charge >= 0.3 is 0 Å². The van der Waals surface area contributed by atoms with Crippen LogP contribution in [0, 0.1) is 0 Å². The summed E-state index contributed by atoms with van der Waals surface area (Å²) in [6.45, 7) is 2.02. The number of nitrogens with one attached hydrogen (secondary N) is 1. The van der Waals surface area contributed by atoms with Gasteiger partial charge < -0.3 is 5.32 Å². The fourth-order valence-corrected chi connectivity index (χ4v) is 2.88. The summed E-state index contributed by atoms with van der Waals surface area (Å²) in [5.74, 6) is 1.30. The lowest BCUT2D eigenvalue weighted by atomic mass is 10.1. The molecule has 0 aliphatic heterocycles. The topological polar surface area (TPSA) is 24.9 Å². The molecule has 0 saturated carbocycles. The average molecular weight is 288 g/mol. The summed E-state index contributed by atoms with van der Waals surface area (Å²) in [4.78, 5) is 4.49. The summed E-state index contributed by atoms with van der Waals surface area (Å²) in [6.07, 6.45) is 9.37. The molecule has 2 aromatic rings. The lowest BCUT2D eigenvalue weighted by molar-refractivity contribution is 0.600. The quantitative estimate of drug-likeness (QED) is 0.698. The van der Waals surface area contributed by atoms with Crippen LogP contribution < -0.4 is 5.32 Å². The maximum atomic E-state index is 4.49. The van der Waals surface area contributed by atoms with Crippen LogP contribution in [0.2, 0.25) is 0 Å². The Hall–Kier alpha value is -1.06. The van der Waals surface area contributed by atoms with E-state index in [0.29, 0.717) is 0 Å². The number of benzene rings is 1. The predicted octanol–water partition coefficient (Wildman–Crippen LogP) is 4.25. The molecule has 1 heterocycles. The molecule has 2 nitrogen and oxygen atoms in total. The van der Waals surface area contributed by atoms with Crippen LogP contribution in [0.15, 0.2) is 36.5 Å². The van der Waals surface area contributed by atoms with Crippen molar-refractivity contribution in [1.29, 1.82) is 0 Å². The molecule has 0 unspecified atom stereocenters. The molecule has 0 spiro atoms. The van der Waals surface area contributed by atoms with Crippen LogP contribution in [0.4, 0.5) is 0 Å². The highest BCUT2D eigenvalue weighted by molar-refractivity contribution is 7.98. The SMILES string of the molecule is CSCCCCCCNCc1cccc2cccnc12. The zero-order valence-corrected chi connectivity index (χ0v) is 13.1. The molecule has 0 fully saturated rings. The molecule has 20 heavy (non-hydrogen) atoms. The van der Waals surface area contributed by atoms with E-state index in [1.165, 1.54) is 42.4 Å². The summed E-state index contributed by atoms with van der Waals surface area (Å²) in [6, 6.07) is 10.5. The molecule has 0 atom stereocenters. The van der Waals surface area contributed by atoms with Crippen molar-refractivity contribution in [3.63, 3.8) is 0 Å². The zero-order chi connectivity index (χ0) is 14.0. The van der Waals surface area contributed by atoms with Gasteiger partial charge in [-0.1, -0.05) is 37.1 Å². The van der Waals surface area contributed by atoms with Crippen molar-refractivity contribution in [3.05, 3.63) is 42.1 Å². The third-order valence-electron chi connectivity index (χ3n) is 3.48. The molecule has 0 amide bonds. The fourth-order valence-electron chi connectivity index (χ4n) is 2.38. The number of unbranched alkanes of at least 4 members (excludes halogenated alkanes) is 3. The lowest BCUT2D eigenvalue weighted by Gasteiger charge is -2.07. The van der Waals surface area contributed by atoms with Gasteiger partial charge in [-0.2, -0.15) is 11.8 Å². The van der Waals surface area contributed by atoms with Crippen LogP contribution in [-0.2, 0) is 6.54 Å². The Morgan fingerprint density at radius 2 is 1.90 bits per heavy atom. The smallest absolute Gasteiger partial charge is 0.0746 e. The Morgan fingerprint density at radius 3 is 2.80 bits per heavy atom. The van der Waals surface area contributed by atoms with Gasteiger partial charge in [-0.3, -0.25) is 4.98 Å². The van der Waals surface area contributed by atoms with E-state index in [0.717, 1.165) is 18.6 Å². The molecule has 1 aromatic heterocycles. The van der Waals surface area contributed by atoms with Gasteiger partial charge in [-0.05, 0) is 43.0 Å². The lowest BCUT2D eigenvalue weighted by Crippen LogP contribution is -2.15. The summed E-state index contributed by atoms with van der Waals surface area (Å²) in [7, 11) is 0. The standard InChI is InChI=1S/C17H24N2S/c1-20-13-5-3-2-4-11-18-14-16-9-6-8-15-10-7-12-19-17(15)16/h6-10,12,18H,2-5,11,13-14H2,1H3. The van der Waals surface area contributed by atoms with E-state index < -0.39 is 0 Å². The number of hydrogen-bond donors (Lipinski definition) is 1. The number of pyridine rings is 1. The molecular formula is C17H24N2S. The van der Waals surface area contributed by atoms with E-state index in [2.05, 4.69) is 40.8 Å². The van der Waals surface area contributed by atoms with Gasteiger partial charge in [-0.25, -0.2) is 0 Å². The minimum atomic E-state index is 0.916. The van der Waals surface area contributed by atoms with E-state index in [-0.39, 0.29) is 0 Å². The highest BCUT2D eigenvalue weighted by Crippen LogP contribution is 2.15. The Morgan fingerprint density at radius 1 is 1.05 bits per heavy atom. The van der Waals surface area contributed by atoms with Crippen molar-refractivity contribution in [1.82, 2.24) is 10.3 Å². The number of thioether (sulfide) groups is 1. The van der Waals surface area contributed by atoms with Gasteiger partial charge in [-0.15, -0.1) is 0 Å². The van der Waals surface area contributed by atoms with Crippen molar-refractivity contribution in [2.75, 3.05) is 18.6 Å². The van der Waals surface area contributed by atoms with Crippen molar-refractivity contribution in [2.24, 2.45) is 0 Å². The minimum absolute atomic E-state index is 0.916. The zero-order valence-electron chi connectivity index (χ0n) is 12.3. The minimum Gasteiger partial charge on any atom is -0.313 e. The van der Waals surface area contributed by atoms with E-state index in [9.17, 15) is 0 Å². The third-order valence-corrected chi connectivity index (χ3v) is 4.18. The largest absolute Gasteiger partial charge is 0.313 e. The van der Waals surface area contributed by atoms with Gasteiger partial charge in [0, 0.05) is 18.1 Å². The van der Waals surface area contributed by atoms with Crippen LogP contribution >= 0.6 is 11.8 Å². The molecular weight excluding hydrogens is 264 g/mol. The predicted molar refractivity (Wildman–Crippen MR) is 90.3 cm³/mol. The summed E-state index contributed by atoms with van der Waals surface area (Å²) >= 11 is 1.95. The van der Waals surface area contributed by atoms with Gasteiger partial charge in [0.1, 0.15) is 0 Å². The second-order valence-electron chi connectivity index (χ2n) is 5.08. The average Bonchev–Trinajstić information content (AvgIpc) is 2.50. The van der Waals surface area contributed by atoms with Crippen molar-refractivity contribution in [3.8, 4) is 0 Å². The van der Waals surface area contributed by atoms with Gasteiger partial charge in [0.15, 0.2) is 0 Å². The molecule has 0 aliphatic carbocycles. The molecule has 0 aliphatic rings. The number of para-hydroxylation sites is 1. The molecule has 1 N–H and O–H groups in total. The molecule has 108 valence electrons. The van der Waals surface area contributed by atoms with Crippen molar-refractivity contribution >= 4 is 22.7 Å². The second kappa shape index (κ2) is 8.98. The molecule has 0 radical (unpaired) electrons. The number of hydrogen-bond acceptors (Lipinski definition) is 3. The van der Waals surface area contributed by atoms with E-state index in [1.54, 1.807) is 0 Å². The number of fused-ring (bicyclic) bond motifs is 1. The normalized spacial score (nSPS) is 11.1. The maximum absolute atomic E-state index is 4.49. The van der Waals surface area contributed by atoms with Gasteiger partial charge in [0.25, 0.3) is 0 Å². The molecule has 3 heteroatoms. The van der Waals surface area contributed by atoms with Crippen LogP contribution in [0.5, 0.6) is 0 Å². The first-order chi connectivity index (χ1) is 9.92. The van der Waals surface area contributed by atoms with Gasteiger partial charge in [0.05, 0.1) is 5.52 Å². The second-order valence-corrected chi connectivity index (χ2v) is 6.06. The first kappa shape index (κ1) is 15.3. The monoisotopic (exact) mass is 288 g/mol. The third kappa shape index (κ3) is 4.80. The number of rotatable bonds is 9. The number of nitrogens with zero attached hydrogens (tertiary/aromatic N) is 1. The Kier molecular flexibility index (Phi) is 6.89. The summed E-state index contributed by atoms with van der Waals surface area (Å²) in [5, 5.41) is 4.77. The van der Waals surface area contributed by atoms with Crippen LogP contribution in [0.3, 0.4) is 0 Å². The van der Waals surface area contributed by atoms with Crippen LogP contribution in [0.25, 0.3) is 10.9 Å². The number of aromatic nitrogens is 1. The summed E-state index contributed by atoms with van der Waals surface area (Å²) in [5.41, 5.74) is 2.42. The fraction of sp³-hybridized carbons (Fsp3) is 0.471. The maximum Gasteiger partial charge on any atom is 0.0746 e. The van der Waals surface area contributed by atoms with E-state index in [1.807, 2.05) is 24.0 Å². The Labute approximate surface area is 126 Å². The van der Waals surface area contributed by atoms with Crippen LogP contribution in [-0.4, -0.2) is 23.5 Å². The molecule has 0 bridgehead atoms. The first-order valence-electron chi connectivity index (χ1n) is 7.44. The Bertz CT molecular complexity index is 508. The van der Waals surface area contributed by atoms with Crippen LogP contribution in [0.1, 0.15) is 31.2 Å². The van der Waals surface area contributed by atoms with Crippen molar-refractivity contribution < 1.29 is 0 Å². The Balaban J connectivity index is 1.71. The molecule has 1 aromatic carbocycles. The first-order valence-corrected chi connectivity index (χ1v) is 8.83. The summed E-state index contributed by atoms with van der Waals surface area (Å²) < 4.78 is 0. The highest BCUT2D eigenvalue weighted by atomic mass is 32.2. The highest BCUT2D eigenvalue weighted by Gasteiger charge is 2.00. The van der Waals surface area contributed by atoms with E-state index >= 15 is 0 Å².